The summed E-state index contributed by atoms with van der Waals surface area (Å²) in [6.07, 6.45) is 1.57. The van der Waals surface area contributed by atoms with E-state index in [1.165, 1.54) is 0 Å². The van der Waals surface area contributed by atoms with E-state index in [1.807, 2.05) is 0 Å². The van der Waals surface area contributed by atoms with Gasteiger partial charge in [-0.15, -0.1) is 0 Å². The largest absolute Gasteiger partial charge is 0.482 e. The van der Waals surface area contributed by atoms with Gasteiger partial charge in [0.05, 0.1) is 16.5 Å². The summed E-state index contributed by atoms with van der Waals surface area (Å²) in [5.74, 6) is -0.725. The molecule has 2 aromatic carbocycles. The number of halogens is 2. The van der Waals surface area contributed by atoms with E-state index >= 15 is 0 Å². The first-order valence-corrected chi connectivity index (χ1v) is 9.62. The SMILES string of the molecule is NC(=O)COc1ccc(/C=C2\SC(=O)N(Cc3ccccc3Cl)C2=O)cc1Cl. The molecule has 0 bridgehead atoms. The zero-order valence-corrected chi connectivity index (χ0v) is 16.7. The van der Waals surface area contributed by atoms with E-state index in [1.54, 1.807) is 48.5 Å². The fourth-order valence-electron chi connectivity index (χ4n) is 2.46. The molecule has 3 rings (SSSR count). The van der Waals surface area contributed by atoms with E-state index < -0.39 is 11.8 Å². The molecule has 144 valence electrons. The minimum Gasteiger partial charge on any atom is -0.482 e. The molecule has 1 saturated heterocycles. The third-order valence-corrected chi connectivity index (χ3v) is 5.36. The highest BCUT2D eigenvalue weighted by Crippen LogP contribution is 2.35. The maximum atomic E-state index is 12.6. The molecule has 0 unspecified atom stereocenters. The van der Waals surface area contributed by atoms with Gasteiger partial charge in [0, 0.05) is 5.02 Å². The molecule has 0 aliphatic carbocycles. The van der Waals surface area contributed by atoms with E-state index in [4.69, 9.17) is 33.7 Å². The van der Waals surface area contributed by atoms with Gasteiger partial charge in [-0.3, -0.25) is 19.3 Å². The lowest BCUT2D eigenvalue weighted by molar-refractivity contribution is -0.123. The number of primary amides is 1. The van der Waals surface area contributed by atoms with Crippen LogP contribution in [0.3, 0.4) is 0 Å². The number of ether oxygens (including phenoxy) is 1. The first-order chi connectivity index (χ1) is 13.3. The van der Waals surface area contributed by atoms with Crippen LogP contribution in [0.25, 0.3) is 6.08 Å². The molecular weight excluding hydrogens is 423 g/mol. The first kappa shape index (κ1) is 20.3. The van der Waals surface area contributed by atoms with Crippen LogP contribution in [0.15, 0.2) is 47.4 Å². The number of carbonyl (C=O) groups excluding carboxylic acids is 3. The normalized spacial score (nSPS) is 15.4. The Morgan fingerprint density at radius 2 is 1.89 bits per heavy atom. The number of rotatable bonds is 6. The molecule has 1 fully saturated rings. The Morgan fingerprint density at radius 3 is 2.57 bits per heavy atom. The van der Waals surface area contributed by atoms with Gasteiger partial charge in [0.25, 0.3) is 17.1 Å². The Labute approximate surface area is 175 Å². The lowest BCUT2D eigenvalue weighted by atomic mass is 10.2. The van der Waals surface area contributed by atoms with E-state index in [0.29, 0.717) is 21.9 Å². The predicted octanol–water partition coefficient (Wildman–Crippen LogP) is 4.09. The Balaban J connectivity index is 1.77. The molecule has 0 spiro atoms. The first-order valence-electron chi connectivity index (χ1n) is 8.04. The average Bonchev–Trinajstić information content (AvgIpc) is 2.90. The summed E-state index contributed by atoms with van der Waals surface area (Å²) in [5.41, 5.74) is 6.33. The van der Waals surface area contributed by atoms with Crippen molar-refractivity contribution >= 4 is 58.1 Å². The lowest BCUT2D eigenvalue weighted by Crippen LogP contribution is -2.27. The van der Waals surface area contributed by atoms with Crippen LogP contribution in [0, 0.1) is 0 Å². The number of amides is 3. The molecule has 1 heterocycles. The third kappa shape index (κ3) is 4.67. The second kappa shape index (κ2) is 8.68. The minimum absolute atomic E-state index is 0.0995. The fraction of sp³-hybridized carbons (Fsp3) is 0.105. The van der Waals surface area contributed by atoms with Gasteiger partial charge >= 0.3 is 0 Å². The van der Waals surface area contributed by atoms with Crippen LogP contribution in [0.1, 0.15) is 11.1 Å². The van der Waals surface area contributed by atoms with Crippen LogP contribution in [0.4, 0.5) is 4.79 Å². The van der Waals surface area contributed by atoms with Crippen LogP contribution >= 0.6 is 35.0 Å². The van der Waals surface area contributed by atoms with Gasteiger partial charge in [-0.05, 0) is 47.2 Å². The van der Waals surface area contributed by atoms with Crippen molar-refractivity contribution in [2.75, 3.05) is 6.61 Å². The molecule has 9 heteroatoms. The number of hydrogen-bond acceptors (Lipinski definition) is 5. The van der Waals surface area contributed by atoms with E-state index in [-0.39, 0.29) is 28.3 Å². The molecule has 0 radical (unpaired) electrons. The number of thioether (sulfide) groups is 1. The van der Waals surface area contributed by atoms with Crippen molar-refractivity contribution < 1.29 is 19.1 Å². The molecule has 28 heavy (non-hydrogen) atoms. The molecule has 2 N–H and O–H groups in total. The second-order valence-corrected chi connectivity index (χ2v) is 7.61. The summed E-state index contributed by atoms with van der Waals surface area (Å²) in [4.78, 5) is 37.1. The van der Waals surface area contributed by atoms with Crippen molar-refractivity contribution in [3.05, 3.63) is 68.5 Å². The highest BCUT2D eigenvalue weighted by molar-refractivity contribution is 8.18. The molecule has 0 saturated carbocycles. The Hall–Kier alpha value is -2.48. The number of nitrogens with two attached hydrogens (primary N) is 1. The molecule has 3 amide bonds. The second-order valence-electron chi connectivity index (χ2n) is 5.80. The van der Waals surface area contributed by atoms with Crippen LogP contribution in [-0.2, 0) is 16.1 Å². The highest BCUT2D eigenvalue weighted by atomic mass is 35.5. The smallest absolute Gasteiger partial charge is 0.293 e. The van der Waals surface area contributed by atoms with Gasteiger partial charge in [-0.1, -0.05) is 47.5 Å². The molecule has 0 aromatic heterocycles. The summed E-state index contributed by atoms with van der Waals surface area (Å²) in [5, 5.41) is 0.373. The number of hydrogen-bond donors (Lipinski definition) is 1. The fourth-order valence-corrected chi connectivity index (χ4v) is 3.73. The van der Waals surface area contributed by atoms with Crippen LogP contribution in [-0.4, -0.2) is 28.6 Å². The molecule has 1 aliphatic heterocycles. The Bertz CT molecular complexity index is 994. The maximum absolute atomic E-state index is 12.6. The van der Waals surface area contributed by atoms with Crippen LogP contribution in [0.2, 0.25) is 10.0 Å². The van der Waals surface area contributed by atoms with Gasteiger partial charge in [0.2, 0.25) is 0 Å². The van der Waals surface area contributed by atoms with Crippen molar-refractivity contribution in [3.63, 3.8) is 0 Å². The zero-order chi connectivity index (χ0) is 20.3. The highest BCUT2D eigenvalue weighted by Gasteiger charge is 2.35. The number of carbonyl (C=O) groups is 3. The number of imide groups is 1. The Morgan fingerprint density at radius 1 is 1.14 bits per heavy atom. The van der Waals surface area contributed by atoms with Gasteiger partial charge in [-0.25, -0.2) is 0 Å². The van der Waals surface area contributed by atoms with Crippen LogP contribution in [0.5, 0.6) is 5.75 Å². The van der Waals surface area contributed by atoms with Crippen molar-refractivity contribution in [3.8, 4) is 5.75 Å². The topological polar surface area (TPSA) is 89.7 Å². The van der Waals surface area contributed by atoms with Gasteiger partial charge in [0.1, 0.15) is 5.75 Å². The van der Waals surface area contributed by atoms with Gasteiger partial charge in [0.15, 0.2) is 6.61 Å². The monoisotopic (exact) mass is 436 g/mol. The van der Waals surface area contributed by atoms with Gasteiger partial charge < -0.3 is 10.5 Å². The standard InChI is InChI=1S/C19H14Cl2N2O4S/c20-13-4-2-1-3-12(13)9-23-18(25)16(28-19(23)26)8-11-5-6-15(14(21)7-11)27-10-17(22)24/h1-8H,9-10H2,(H2,22,24)/b16-8-. The molecule has 1 aliphatic rings. The molecular formula is C19H14Cl2N2O4S. The summed E-state index contributed by atoms with van der Waals surface area (Å²) in [7, 11) is 0. The van der Waals surface area contributed by atoms with Crippen LogP contribution < -0.4 is 10.5 Å². The quantitative estimate of drug-likeness (QED) is 0.688. The van der Waals surface area contributed by atoms with Gasteiger partial charge in [-0.2, -0.15) is 0 Å². The summed E-state index contributed by atoms with van der Waals surface area (Å²) in [6.45, 7) is -0.192. The van der Waals surface area contributed by atoms with E-state index in [9.17, 15) is 14.4 Å². The van der Waals surface area contributed by atoms with E-state index in [0.717, 1.165) is 16.7 Å². The summed E-state index contributed by atoms with van der Waals surface area (Å²) < 4.78 is 5.18. The van der Waals surface area contributed by atoms with Crippen molar-refractivity contribution in [2.45, 2.75) is 6.54 Å². The predicted molar refractivity (Wildman–Crippen MR) is 109 cm³/mol. The van der Waals surface area contributed by atoms with Crippen molar-refractivity contribution in [1.82, 2.24) is 4.90 Å². The zero-order valence-electron chi connectivity index (χ0n) is 14.4. The van der Waals surface area contributed by atoms with Crippen molar-refractivity contribution in [2.24, 2.45) is 5.73 Å². The molecule has 2 aromatic rings. The lowest BCUT2D eigenvalue weighted by Gasteiger charge is -2.13. The Kier molecular flexibility index (Phi) is 6.28. The number of benzene rings is 2. The van der Waals surface area contributed by atoms with E-state index in [2.05, 4.69) is 0 Å². The molecule has 0 atom stereocenters. The van der Waals surface area contributed by atoms with Crippen molar-refractivity contribution in [1.29, 1.82) is 0 Å². The average molecular weight is 437 g/mol. The summed E-state index contributed by atoms with van der Waals surface area (Å²) in [6, 6.07) is 11.8. The minimum atomic E-state index is -0.618. The molecule has 6 nitrogen and oxygen atoms in total. The third-order valence-electron chi connectivity index (χ3n) is 3.78. The number of nitrogens with zero attached hydrogens (tertiary/aromatic N) is 1. The maximum Gasteiger partial charge on any atom is 0.293 e. The summed E-state index contributed by atoms with van der Waals surface area (Å²) >= 11 is 13.1.